The molecule has 0 aliphatic carbocycles. The first-order valence-corrected chi connectivity index (χ1v) is 7.12. The van der Waals surface area contributed by atoms with Crippen LogP contribution in [-0.4, -0.2) is 16.6 Å². The van der Waals surface area contributed by atoms with Gasteiger partial charge in [-0.25, -0.2) is 0 Å². The predicted molar refractivity (Wildman–Crippen MR) is 78.0 cm³/mol. The average Bonchev–Trinajstić information content (AvgIpc) is 2.47. The topological polar surface area (TPSA) is 42.0 Å². The fraction of sp³-hybridized carbons (Fsp3) is 0.200. The molecule has 1 heterocycles. The van der Waals surface area contributed by atoms with Crippen molar-refractivity contribution >= 4 is 17.7 Å². The van der Waals surface area contributed by atoms with Gasteiger partial charge in [0.05, 0.1) is 17.5 Å². The van der Waals surface area contributed by atoms with Gasteiger partial charge in [0.15, 0.2) is 0 Å². The van der Waals surface area contributed by atoms with Gasteiger partial charge in [-0.3, -0.25) is 9.78 Å². The van der Waals surface area contributed by atoms with E-state index in [0.29, 0.717) is 5.75 Å². The van der Waals surface area contributed by atoms with Crippen LogP contribution in [0.1, 0.15) is 18.7 Å². The van der Waals surface area contributed by atoms with Crippen molar-refractivity contribution < 1.29 is 4.79 Å². The van der Waals surface area contributed by atoms with Crippen LogP contribution in [0.5, 0.6) is 0 Å². The van der Waals surface area contributed by atoms with Gasteiger partial charge in [-0.15, -0.1) is 11.8 Å². The molecular weight excluding hydrogens is 256 g/mol. The van der Waals surface area contributed by atoms with E-state index < -0.39 is 0 Å². The number of thioether (sulfide) groups is 1. The first-order chi connectivity index (χ1) is 9.25. The fourth-order valence-corrected chi connectivity index (χ4v) is 2.39. The van der Waals surface area contributed by atoms with Crippen LogP contribution >= 0.6 is 11.8 Å². The lowest BCUT2D eigenvalue weighted by molar-refractivity contribution is -0.119. The van der Waals surface area contributed by atoms with Gasteiger partial charge in [-0.1, -0.05) is 24.3 Å². The molecule has 0 radical (unpaired) electrons. The molecule has 1 N–H and O–H groups in total. The number of rotatable bonds is 5. The van der Waals surface area contributed by atoms with E-state index in [1.165, 1.54) is 11.8 Å². The molecule has 0 aliphatic rings. The molecule has 0 fully saturated rings. The van der Waals surface area contributed by atoms with E-state index in [2.05, 4.69) is 10.3 Å². The third-order valence-electron chi connectivity index (χ3n) is 2.62. The van der Waals surface area contributed by atoms with Crippen molar-refractivity contribution in [3.63, 3.8) is 0 Å². The molecular formula is C15H16N2OS. The molecule has 0 aliphatic heterocycles. The molecule has 3 nitrogen and oxygen atoms in total. The lowest BCUT2D eigenvalue weighted by Gasteiger charge is -2.13. The molecule has 2 rings (SSSR count). The van der Waals surface area contributed by atoms with Gasteiger partial charge in [0.25, 0.3) is 0 Å². The predicted octanol–water partition coefficient (Wildman–Crippen LogP) is 3.05. The normalized spacial score (nSPS) is 11.8. The maximum absolute atomic E-state index is 11.8. The Bertz CT molecular complexity index is 516. The van der Waals surface area contributed by atoms with E-state index in [9.17, 15) is 4.79 Å². The zero-order chi connectivity index (χ0) is 13.5. The first kappa shape index (κ1) is 13.6. The Morgan fingerprint density at radius 2 is 1.95 bits per heavy atom. The first-order valence-electron chi connectivity index (χ1n) is 6.14. The quantitative estimate of drug-likeness (QED) is 0.851. The number of aromatic nitrogens is 1. The van der Waals surface area contributed by atoms with Gasteiger partial charge >= 0.3 is 0 Å². The SMILES string of the molecule is CC(NC(=O)CSc1ccccc1)c1ccccn1. The fourth-order valence-electron chi connectivity index (χ4n) is 1.65. The standard InChI is InChI=1S/C15H16N2OS/c1-12(14-9-5-6-10-16-14)17-15(18)11-19-13-7-3-2-4-8-13/h2-10,12H,11H2,1H3,(H,17,18). The van der Waals surface area contributed by atoms with E-state index in [-0.39, 0.29) is 11.9 Å². The van der Waals surface area contributed by atoms with E-state index >= 15 is 0 Å². The van der Waals surface area contributed by atoms with Crippen molar-refractivity contribution in [3.8, 4) is 0 Å². The van der Waals surface area contributed by atoms with E-state index in [1.807, 2.05) is 55.5 Å². The van der Waals surface area contributed by atoms with Crippen LogP contribution in [0.3, 0.4) is 0 Å². The van der Waals surface area contributed by atoms with Gasteiger partial charge in [0.2, 0.25) is 5.91 Å². The highest BCUT2D eigenvalue weighted by Crippen LogP contribution is 2.17. The van der Waals surface area contributed by atoms with Crippen molar-refractivity contribution in [1.29, 1.82) is 0 Å². The maximum atomic E-state index is 11.8. The van der Waals surface area contributed by atoms with Crippen LogP contribution in [0.25, 0.3) is 0 Å². The van der Waals surface area contributed by atoms with Crippen LogP contribution in [-0.2, 0) is 4.79 Å². The van der Waals surface area contributed by atoms with Crippen LogP contribution in [0.4, 0.5) is 0 Å². The second kappa shape index (κ2) is 6.95. The minimum absolute atomic E-state index is 0.0204. The third kappa shape index (κ3) is 4.41. The molecule has 1 amide bonds. The smallest absolute Gasteiger partial charge is 0.230 e. The molecule has 1 aromatic carbocycles. The van der Waals surface area contributed by atoms with Gasteiger partial charge < -0.3 is 5.32 Å². The number of pyridine rings is 1. The summed E-state index contributed by atoms with van der Waals surface area (Å²) in [6.07, 6.45) is 1.73. The number of benzene rings is 1. The third-order valence-corrected chi connectivity index (χ3v) is 3.63. The van der Waals surface area contributed by atoms with E-state index in [1.54, 1.807) is 6.20 Å². The number of hydrogen-bond donors (Lipinski definition) is 1. The summed E-state index contributed by atoms with van der Waals surface area (Å²) in [5, 5.41) is 2.94. The molecule has 4 heteroatoms. The summed E-state index contributed by atoms with van der Waals surface area (Å²) in [6.45, 7) is 1.94. The summed E-state index contributed by atoms with van der Waals surface area (Å²) in [6, 6.07) is 15.5. The molecule has 0 bridgehead atoms. The molecule has 1 atom stereocenters. The molecule has 0 saturated carbocycles. The lowest BCUT2D eigenvalue weighted by atomic mass is 10.2. The number of nitrogens with one attached hydrogen (secondary N) is 1. The van der Waals surface area contributed by atoms with E-state index in [4.69, 9.17) is 0 Å². The zero-order valence-electron chi connectivity index (χ0n) is 10.7. The van der Waals surface area contributed by atoms with E-state index in [0.717, 1.165) is 10.6 Å². The second-order valence-corrected chi connectivity index (χ2v) is 5.19. The van der Waals surface area contributed by atoms with Gasteiger partial charge in [-0.2, -0.15) is 0 Å². The minimum atomic E-state index is -0.0647. The Hall–Kier alpha value is -1.81. The average molecular weight is 272 g/mol. The highest BCUT2D eigenvalue weighted by Gasteiger charge is 2.10. The number of carbonyl (C=O) groups excluding carboxylic acids is 1. The lowest BCUT2D eigenvalue weighted by Crippen LogP contribution is -2.28. The highest BCUT2D eigenvalue weighted by atomic mass is 32.2. The molecule has 0 spiro atoms. The number of carbonyl (C=O) groups is 1. The number of hydrogen-bond acceptors (Lipinski definition) is 3. The Balaban J connectivity index is 1.82. The summed E-state index contributed by atoms with van der Waals surface area (Å²) in [5.41, 5.74) is 0.876. The number of amides is 1. The Kier molecular flexibility index (Phi) is 4.98. The van der Waals surface area contributed by atoms with Gasteiger partial charge in [0.1, 0.15) is 0 Å². The highest BCUT2D eigenvalue weighted by molar-refractivity contribution is 8.00. The van der Waals surface area contributed by atoms with Gasteiger partial charge in [0, 0.05) is 11.1 Å². The minimum Gasteiger partial charge on any atom is -0.347 e. The largest absolute Gasteiger partial charge is 0.347 e. The summed E-state index contributed by atoms with van der Waals surface area (Å²) in [7, 11) is 0. The molecule has 1 aromatic heterocycles. The monoisotopic (exact) mass is 272 g/mol. The number of nitrogens with zero attached hydrogens (tertiary/aromatic N) is 1. The van der Waals surface area contributed by atoms with Crippen molar-refractivity contribution in [2.24, 2.45) is 0 Å². The van der Waals surface area contributed by atoms with Crippen molar-refractivity contribution in [3.05, 3.63) is 60.4 Å². The Labute approximate surface area is 117 Å². The Morgan fingerprint density at radius 1 is 1.21 bits per heavy atom. The van der Waals surface area contributed by atoms with Crippen molar-refractivity contribution in [2.45, 2.75) is 17.9 Å². The molecule has 19 heavy (non-hydrogen) atoms. The summed E-state index contributed by atoms with van der Waals surface area (Å²) < 4.78 is 0. The Morgan fingerprint density at radius 3 is 2.63 bits per heavy atom. The van der Waals surface area contributed by atoms with Crippen LogP contribution in [0.15, 0.2) is 59.6 Å². The molecule has 2 aromatic rings. The summed E-state index contributed by atoms with van der Waals surface area (Å²) >= 11 is 1.53. The van der Waals surface area contributed by atoms with Crippen LogP contribution in [0, 0.1) is 0 Å². The van der Waals surface area contributed by atoms with Crippen molar-refractivity contribution in [1.82, 2.24) is 10.3 Å². The molecule has 1 unspecified atom stereocenters. The molecule has 0 saturated heterocycles. The van der Waals surface area contributed by atoms with Crippen LogP contribution in [0.2, 0.25) is 0 Å². The van der Waals surface area contributed by atoms with Crippen LogP contribution < -0.4 is 5.32 Å². The van der Waals surface area contributed by atoms with Crippen molar-refractivity contribution in [2.75, 3.05) is 5.75 Å². The van der Waals surface area contributed by atoms with Gasteiger partial charge in [-0.05, 0) is 31.2 Å². The molecule has 98 valence electrons. The second-order valence-electron chi connectivity index (χ2n) is 4.15. The zero-order valence-corrected chi connectivity index (χ0v) is 11.6. The maximum Gasteiger partial charge on any atom is 0.230 e. The summed E-state index contributed by atoms with van der Waals surface area (Å²) in [4.78, 5) is 17.2. The summed E-state index contributed by atoms with van der Waals surface area (Å²) in [5.74, 6) is 0.438.